The average Bonchev–Trinajstić information content (AvgIpc) is 3.69. The smallest absolute Gasteiger partial charge is 0.242 e. The quantitative estimate of drug-likeness (QED) is 0.617. The van der Waals surface area contributed by atoms with Crippen LogP contribution in [-0.2, 0) is 9.59 Å². The number of nitrogens with zero attached hydrogens (tertiary/aromatic N) is 5. The number of rotatable bonds is 8. The van der Waals surface area contributed by atoms with Gasteiger partial charge in [-0.1, -0.05) is 43.2 Å². The zero-order valence-electron chi connectivity index (χ0n) is 19.9. The van der Waals surface area contributed by atoms with E-state index >= 15 is 0 Å². The fourth-order valence-electron chi connectivity index (χ4n) is 4.24. The Morgan fingerprint density at radius 3 is 2.45 bits per heavy atom. The molecule has 1 saturated carbocycles. The molecule has 2 fully saturated rings. The van der Waals surface area contributed by atoms with Crippen LogP contribution in [0.3, 0.4) is 0 Å². The first kappa shape index (κ1) is 23.2. The molecule has 2 aliphatic rings. The highest BCUT2D eigenvalue weighted by Crippen LogP contribution is 2.31. The summed E-state index contributed by atoms with van der Waals surface area (Å²) in [6.45, 7) is 7.98. The number of amides is 2. The molecule has 1 aromatic carbocycles. The summed E-state index contributed by atoms with van der Waals surface area (Å²) in [5.41, 5.74) is 3.14. The van der Waals surface area contributed by atoms with Crippen molar-refractivity contribution >= 4 is 17.6 Å². The summed E-state index contributed by atoms with van der Waals surface area (Å²) in [5.74, 6) is 1.21. The predicted octanol–water partition coefficient (Wildman–Crippen LogP) is 3.53. The predicted molar refractivity (Wildman–Crippen MR) is 130 cm³/mol. The van der Waals surface area contributed by atoms with E-state index in [4.69, 9.17) is 0 Å². The van der Waals surface area contributed by atoms with Crippen molar-refractivity contribution in [3.05, 3.63) is 42.0 Å². The lowest BCUT2D eigenvalue weighted by Gasteiger charge is -2.27. The lowest BCUT2D eigenvalue weighted by molar-refractivity contribution is -0.141. The van der Waals surface area contributed by atoms with Gasteiger partial charge in [-0.3, -0.25) is 9.59 Å². The molecule has 2 amide bonds. The fourth-order valence-corrected chi connectivity index (χ4v) is 4.24. The van der Waals surface area contributed by atoms with Gasteiger partial charge >= 0.3 is 0 Å². The molecule has 1 saturated heterocycles. The summed E-state index contributed by atoms with van der Waals surface area (Å²) in [6.07, 6.45) is 4.77. The number of anilines is 1. The van der Waals surface area contributed by atoms with Crippen molar-refractivity contribution in [1.82, 2.24) is 20.0 Å². The molecule has 7 nitrogen and oxygen atoms in total. The van der Waals surface area contributed by atoms with Gasteiger partial charge in [0.05, 0.1) is 12.2 Å². The SMILES string of the molecule is CCCCN(CC(=O)N1CCCN(c2ccc(-c3ccc(C)cc3)nn2)CC1)C(=O)C1CC1. The third-order valence-corrected chi connectivity index (χ3v) is 6.52. The lowest BCUT2D eigenvalue weighted by Crippen LogP contribution is -2.45. The summed E-state index contributed by atoms with van der Waals surface area (Å²) < 4.78 is 0. The van der Waals surface area contributed by atoms with E-state index in [2.05, 4.69) is 53.2 Å². The van der Waals surface area contributed by atoms with Crippen molar-refractivity contribution in [2.45, 2.75) is 46.0 Å². The normalized spacial score (nSPS) is 16.4. The molecule has 0 spiro atoms. The van der Waals surface area contributed by atoms with Gasteiger partial charge in [0.1, 0.15) is 0 Å². The third-order valence-electron chi connectivity index (χ3n) is 6.52. The Bertz CT molecular complexity index is 940. The first-order chi connectivity index (χ1) is 16.0. The van der Waals surface area contributed by atoms with Crippen LogP contribution in [0.4, 0.5) is 5.82 Å². The molecule has 0 unspecified atom stereocenters. The number of carbonyl (C=O) groups is 2. The molecule has 0 bridgehead atoms. The Morgan fingerprint density at radius 2 is 1.79 bits per heavy atom. The number of hydrogen-bond donors (Lipinski definition) is 0. The topological polar surface area (TPSA) is 69.6 Å². The van der Waals surface area contributed by atoms with Gasteiger partial charge in [-0.15, -0.1) is 10.2 Å². The molecule has 0 atom stereocenters. The highest BCUT2D eigenvalue weighted by atomic mass is 16.2. The van der Waals surface area contributed by atoms with Gasteiger partial charge in [-0.2, -0.15) is 0 Å². The molecule has 2 heterocycles. The van der Waals surface area contributed by atoms with E-state index in [1.165, 1.54) is 5.56 Å². The Labute approximate surface area is 196 Å². The van der Waals surface area contributed by atoms with E-state index in [-0.39, 0.29) is 24.3 Å². The van der Waals surface area contributed by atoms with E-state index < -0.39 is 0 Å². The summed E-state index contributed by atoms with van der Waals surface area (Å²) in [6, 6.07) is 12.3. The van der Waals surface area contributed by atoms with Gasteiger partial charge in [-0.05, 0) is 44.7 Å². The minimum atomic E-state index is 0.0581. The number of aryl methyl sites for hydroxylation is 1. The summed E-state index contributed by atoms with van der Waals surface area (Å²) >= 11 is 0. The fraction of sp³-hybridized carbons (Fsp3) is 0.538. The van der Waals surface area contributed by atoms with Crippen molar-refractivity contribution in [1.29, 1.82) is 0 Å². The number of unbranched alkanes of at least 4 members (excludes halogenated alkanes) is 1. The molecule has 1 aliphatic carbocycles. The number of benzene rings is 1. The van der Waals surface area contributed by atoms with Crippen molar-refractivity contribution < 1.29 is 9.59 Å². The zero-order valence-corrected chi connectivity index (χ0v) is 19.9. The van der Waals surface area contributed by atoms with Crippen LogP contribution >= 0.6 is 0 Å². The zero-order chi connectivity index (χ0) is 23.2. The Hall–Kier alpha value is -2.96. The monoisotopic (exact) mass is 449 g/mol. The van der Waals surface area contributed by atoms with Crippen molar-refractivity contribution in [2.75, 3.05) is 44.2 Å². The van der Waals surface area contributed by atoms with Crippen LogP contribution in [0.2, 0.25) is 0 Å². The van der Waals surface area contributed by atoms with Crippen molar-refractivity contribution in [3.63, 3.8) is 0 Å². The molecule has 2 aromatic rings. The molecular weight excluding hydrogens is 414 g/mol. The van der Waals surface area contributed by atoms with Crippen LogP contribution in [0.15, 0.2) is 36.4 Å². The minimum Gasteiger partial charge on any atom is -0.353 e. The van der Waals surface area contributed by atoms with E-state index in [0.717, 1.165) is 62.3 Å². The maximum Gasteiger partial charge on any atom is 0.242 e. The molecule has 0 radical (unpaired) electrons. The van der Waals surface area contributed by atoms with Gasteiger partial charge in [-0.25, -0.2) is 0 Å². The third kappa shape index (κ3) is 6.09. The standard InChI is InChI=1S/C26H35N5O2/c1-3-4-14-31(26(33)22-10-11-22)19-25(32)30-16-5-15-29(17-18-30)24-13-12-23(27-28-24)21-8-6-20(2)7-9-21/h6-9,12-13,22H,3-5,10-11,14-19H2,1-2H3. The molecule has 1 aliphatic heterocycles. The highest BCUT2D eigenvalue weighted by Gasteiger charge is 2.34. The highest BCUT2D eigenvalue weighted by molar-refractivity contribution is 5.87. The second-order valence-electron chi connectivity index (χ2n) is 9.25. The van der Waals surface area contributed by atoms with E-state index in [0.29, 0.717) is 19.6 Å². The van der Waals surface area contributed by atoms with Crippen LogP contribution in [0.1, 0.15) is 44.6 Å². The van der Waals surface area contributed by atoms with Crippen LogP contribution in [0, 0.1) is 12.8 Å². The maximum atomic E-state index is 13.0. The van der Waals surface area contributed by atoms with E-state index in [1.807, 2.05) is 17.0 Å². The minimum absolute atomic E-state index is 0.0581. The van der Waals surface area contributed by atoms with Crippen LogP contribution in [-0.4, -0.2) is 71.1 Å². The second-order valence-corrected chi connectivity index (χ2v) is 9.25. The molecule has 7 heteroatoms. The second kappa shape index (κ2) is 10.8. The first-order valence-corrected chi connectivity index (χ1v) is 12.3. The Kier molecular flexibility index (Phi) is 7.57. The van der Waals surface area contributed by atoms with Crippen molar-refractivity contribution in [2.24, 2.45) is 5.92 Å². The van der Waals surface area contributed by atoms with Crippen LogP contribution < -0.4 is 4.90 Å². The molecule has 4 rings (SSSR count). The summed E-state index contributed by atoms with van der Waals surface area (Å²) in [7, 11) is 0. The van der Waals surface area contributed by atoms with Gasteiger partial charge in [0.2, 0.25) is 11.8 Å². The Morgan fingerprint density at radius 1 is 1.00 bits per heavy atom. The van der Waals surface area contributed by atoms with Crippen LogP contribution in [0.5, 0.6) is 0 Å². The first-order valence-electron chi connectivity index (χ1n) is 12.3. The molecule has 0 N–H and O–H groups in total. The number of hydrogen-bond acceptors (Lipinski definition) is 5. The maximum absolute atomic E-state index is 13.0. The van der Waals surface area contributed by atoms with Gasteiger partial charge in [0, 0.05) is 44.2 Å². The molecular formula is C26H35N5O2. The molecule has 1 aromatic heterocycles. The van der Waals surface area contributed by atoms with E-state index in [9.17, 15) is 9.59 Å². The van der Waals surface area contributed by atoms with Crippen molar-refractivity contribution in [3.8, 4) is 11.3 Å². The molecule has 176 valence electrons. The van der Waals surface area contributed by atoms with E-state index in [1.54, 1.807) is 4.90 Å². The number of carbonyl (C=O) groups excluding carboxylic acids is 2. The average molecular weight is 450 g/mol. The lowest BCUT2D eigenvalue weighted by atomic mass is 10.1. The van der Waals surface area contributed by atoms with Gasteiger partial charge < -0.3 is 14.7 Å². The van der Waals surface area contributed by atoms with Gasteiger partial charge in [0.25, 0.3) is 0 Å². The number of aromatic nitrogens is 2. The van der Waals surface area contributed by atoms with Crippen LogP contribution in [0.25, 0.3) is 11.3 Å². The van der Waals surface area contributed by atoms with Gasteiger partial charge in [0.15, 0.2) is 5.82 Å². The summed E-state index contributed by atoms with van der Waals surface area (Å²) in [4.78, 5) is 31.5. The summed E-state index contributed by atoms with van der Waals surface area (Å²) in [5, 5.41) is 8.90. The largest absolute Gasteiger partial charge is 0.353 e. The molecule has 33 heavy (non-hydrogen) atoms. The Balaban J connectivity index is 1.34.